The normalized spacial score (nSPS) is 21.7. The van der Waals surface area contributed by atoms with Gasteiger partial charge in [0.05, 0.1) is 0 Å². The average molecular weight is 1360 g/mol. The molecule has 0 aromatic heterocycles. The Balaban J connectivity index is 0.712. The molecule has 12 aliphatic rings. The van der Waals surface area contributed by atoms with E-state index in [9.17, 15) is 67.1 Å². The van der Waals surface area contributed by atoms with Gasteiger partial charge in [-0.2, -0.15) is 0 Å². The maximum Gasteiger partial charge on any atom is 0.261 e. The summed E-state index contributed by atoms with van der Waals surface area (Å²) in [6.07, 6.45) is 3.28. The lowest BCUT2D eigenvalue weighted by atomic mass is 9.86. The van der Waals surface area contributed by atoms with Crippen LogP contribution in [0, 0.1) is 0 Å². The van der Waals surface area contributed by atoms with E-state index in [4.69, 9.17) is 0 Å². The van der Waals surface area contributed by atoms with E-state index in [1.807, 2.05) is 47.8 Å². The predicted octanol–water partition coefficient (Wildman–Crippen LogP) is 2.12. The Morgan fingerprint density at radius 3 is 0.798 bits per heavy atom. The van der Waals surface area contributed by atoms with E-state index >= 15 is 0 Å². The fourth-order valence-electron chi connectivity index (χ4n) is 13.9. The largest absolute Gasteiger partial charge is 0.356 e. The zero-order valence-corrected chi connectivity index (χ0v) is 57.0. The van der Waals surface area contributed by atoms with Gasteiger partial charge in [0.15, 0.2) is 0 Å². The van der Waals surface area contributed by atoms with Crippen molar-refractivity contribution in [3.05, 3.63) is 93.0 Å². The van der Waals surface area contributed by atoms with Gasteiger partial charge in [-0.25, -0.2) is 0 Å². The highest BCUT2D eigenvalue weighted by Crippen LogP contribution is 2.40. The summed E-state index contributed by atoms with van der Waals surface area (Å²) < 4.78 is 0. The summed E-state index contributed by atoms with van der Waals surface area (Å²) in [6.45, 7) is 5.74. The molecule has 0 unspecified atom stereocenters. The molecule has 0 aliphatic carbocycles. The molecule has 16 bridgehead atoms. The number of imide groups is 4. The zero-order valence-electron chi connectivity index (χ0n) is 57.0. The number of rotatable bonds is 6. The van der Waals surface area contributed by atoms with Gasteiger partial charge in [-0.15, -0.1) is 0 Å². The molecule has 28 nitrogen and oxygen atoms in total. The van der Waals surface area contributed by atoms with Crippen LogP contribution in [0.25, 0.3) is 21.5 Å². The van der Waals surface area contributed by atoms with Crippen LogP contribution in [0.5, 0.6) is 0 Å². The number of carbonyl (C=O) groups excluding carboxylic acids is 14. The molecule has 528 valence electrons. The molecule has 0 radical (unpaired) electrons. The third-order valence-electron chi connectivity index (χ3n) is 19.4. The zero-order chi connectivity index (χ0) is 70.6. The summed E-state index contributed by atoms with van der Waals surface area (Å²) in [6, 6.07) is 10.2. The second-order valence-electron chi connectivity index (χ2n) is 26.7. The van der Waals surface area contributed by atoms with Crippen LogP contribution in [-0.4, -0.2) is 267 Å². The van der Waals surface area contributed by atoms with Crippen LogP contribution in [0.4, 0.5) is 0 Å². The summed E-state index contributed by atoms with van der Waals surface area (Å²) in [5, 5.41) is 18.3. The van der Waals surface area contributed by atoms with Crippen LogP contribution in [-0.2, 0) is 28.8 Å². The van der Waals surface area contributed by atoms with Gasteiger partial charge in [0, 0.05) is 144 Å². The summed E-state index contributed by atoms with van der Waals surface area (Å²) in [5.41, 5.74) is 2.03. The van der Waals surface area contributed by atoms with E-state index in [0.717, 1.165) is 0 Å². The van der Waals surface area contributed by atoms with Crippen molar-refractivity contribution in [1.29, 1.82) is 0 Å². The molecule has 0 saturated heterocycles. The second kappa shape index (κ2) is 33.0. The Bertz CT molecular complexity index is 3510. The molecule has 0 saturated carbocycles. The summed E-state index contributed by atoms with van der Waals surface area (Å²) >= 11 is 0. The number of benzene rings is 4. The van der Waals surface area contributed by atoms with Crippen molar-refractivity contribution < 1.29 is 67.1 Å². The lowest BCUT2D eigenvalue weighted by Crippen LogP contribution is -2.48. The molecule has 28 heteroatoms. The number of fused-ring (bicyclic) bond motifs is 4. The van der Waals surface area contributed by atoms with Crippen molar-refractivity contribution >= 4 is 104 Å². The van der Waals surface area contributed by atoms with Gasteiger partial charge in [-0.1, -0.05) is 0 Å². The second-order valence-corrected chi connectivity index (χ2v) is 26.7. The average Bonchev–Trinajstić information content (AvgIpc) is 0.722. The Labute approximate surface area is 574 Å². The number of amides is 14. The third kappa shape index (κ3) is 16.9. The molecule has 6 N–H and O–H groups in total. The van der Waals surface area contributed by atoms with Crippen molar-refractivity contribution in [1.82, 2.24) is 71.1 Å². The maximum absolute atomic E-state index is 13.9. The van der Waals surface area contributed by atoms with E-state index in [1.165, 1.54) is 19.6 Å². The van der Waals surface area contributed by atoms with E-state index < -0.39 is 83.0 Å². The molecule has 16 rings (SSSR count). The standard InChI is InChI=1S/C71H90N14O14/c1-78-32-6-28-72-54(86)26-24-52(62(90)74-30-8-34-80(3)38-12-42-84-68(96)48-20-16-44-58-45(17-21-49(60(48)58)69(84)97)65(93)82(64(44)92)40-10-36-78)76-56(88)14-5-15-57(89)77-53-25-27-55(87)73-29-7-33-79(2)37-11-41-83-66(94)46-18-22-50-61-51(23-19-47(59(46)61)67(83)95)71(99)85(70(50)98)43-13-39-81(4)35-9-31-75-63(53)91/h16-23,52-53H,5-15,24-43H2,1-4H3,(H,72,86)(H,73,87)(H,74,90)(H,75,91)(H,76,88)(H,77,89)/t52-,53-/m1/s1. The van der Waals surface area contributed by atoms with Crippen molar-refractivity contribution in [3.63, 3.8) is 0 Å². The van der Waals surface area contributed by atoms with Gasteiger partial charge in [-0.05, 0) is 200 Å². The number of nitrogens with one attached hydrogen (secondary N) is 6. The lowest BCUT2D eigenvalue weighted by molar-refractivity contribution is -0.131. The van der Waals surface area contributed by atoms with Gasteiger partial charge in [-0.3, -0.25) is 86.7 Å². The summed E-state index contributed by atoms with van der Waals surface area (Å²) in [4.78, 5) is 205. The molecule has 4 aromatic rings. The summed E-state index contributed by atoms with van der Waals surface area (Å²) in [5.74, 6) is -6.78. The van der Waals surface area contributed by atoms with Crippen LogP contribution in [0.1, 0.15) is 179 Å². The van der Waals surface area contributed by atoms with Crippen molar-refractivity contribution in [2.75, 3.05) is 133 Å². The number of nitrogens with zero attached hydrogens (tertiary/aromatic N) is 8. The minimum Gasteiger partial charge on any atom is -0.356 e. The van der Waals surface area contributed by atoms with Crippen molar-refractivity contribution in [2.45, 2.75) is 108 Å². The Kier molecular flexibility index (Phi) is 24.1. The van der Waals surface area contributed by atoms with E-state index in [0.29, 0.717) is 138 Å². The smallest absolute Gasteiger partial charge is 0.261 e. The minimum atomic E-state index is -1.11. The first kappa shape index (κ1) is 72.4. The quantitative estimate of drug-likeness (QED) is 0.151. The fourth-order valence-corrected chi connectivity index (χ4v) is 13.9. The van der Waals surface area contributed by atoms with Crippen LogP contribution in [0.3, 0.4) is 0 Å². The lowest BCUT2D eigenvalue weighted by Gasteiger charge is -2.32. The first-order chi connectivity index (χ1) is 47.6. The monoisotopic (exact) mass is 1360 g/mol. The maximum atomic E-state index is 13.9. The number of carbonyl (C=O) groups is 14. The number of hydrogen-bond donors (Lipinski definition) is 6. The summed E-state index contributed by atoms with van der Waals surface area (Å²) in [7, 11) is 7.51. The van der Waals surface area contributed by atoms with Crippen molar-refractivity contribution in [2.24, 2.45) is 0 Å². The predicted molar refractivity (Wildman–Crippen MR) is 365 cm³/mol. The highest BCUT2D eigenvalue weighted by molar-refractivity contribution is 6.35. The molecule has 2 atom stereocenters. The van der Waals surface area contributed by atoms with Crippen LogP contribution in [0.15, 0.2) is 48.5 Å². The highest BCUT2D eigenvalue weighted by atomic mass is 16.2. The Morgan fingerprint density at radius 1 is 0.333 bits per heavy atom. The molecule has 14 amide bonds. The van der Waals surface area contributed by atoms with Gasteiger partial charge in [0.2, 0.25) is 35.4 Å². The van der Waals surface area contributed by atoms with Crippen LogP contribution >= 0.6 is 0 Å². The first-order valence-electron chi connectivity index (χ1n) is 34.7. The molecule has 0 spiro atoms. The van der Waals surface area contributed by atoms with E-state index in [1.54, 1.807) is 48.5 Å². The highest BCUT2D eigenvalue weighted by Gasteiger charge is 2.42. The van der Waals surface area contributed by atoms with Crippen LogP contribution in [0.2, 0.25) is 0 Å². The molecule has 12 heterocycles. The van der Waals surface area contributed by atoms with E-state index in [2.05, 4.69) is 31.9 Å². The van der Waals surface area contributed by atoms with Crippen molar-refractivity contribution in [3.8, 4) is 0 Å². The fraction of sp³-hybridized carbons (Fsp3) is 0.521. The SMILES string of the molecule is CN1CCCNC(=O)CC[C@@H](NC(=O)CCCC(=O)N[C@@H]2CCC(=O)NCCCN(C)CCCN3C(=O)c4ccc5c6c(ccc(c46)C3=O)C(=O)N(CCCN(C)CCCNC2=O)C5=O)C(=O)NCCCN(C)CCCN2C(=O)c3ccc4c5c(ccc(c35)C2=O)C(=O)N(CCC1)C4=O. The van der Waals surface area contributed by atoms with Gasteiger partial charge in [0.25, 0.3) is 47.3 Å². The van der Waals surface area contributed by atoms with Gasteiger partial charge < -0.3 is 51.5 Å². The third-order valence-corrected chi connectivity index (χ3v) is 19.4. The molecule has 4 aromatic carbocycles. The molecular formula is C71H90N14O14. The Morgan fingerprint density at radius 2 is 0.556 bits per heavy atom. The van der Waals surface area contributed by atoms with E-state index in [-0.39, 0.29) is 141 Å². The molecule has 12 aliphatic heterocycles. The van der Waals surface area contributed by atoms with Gasteiger partial charge in [0.1, 0.15) is 12.1 Å². The molecule has 0 fully saturated rings. The van der Waals surface area contributed by atoms with Gasteiger partial charge >= 0.3 is 0 Å². The number of hydrogen-bond acceptors (Lipinski definition) is 18. The minimum absolute atomic E-state index is 0.0298. The molecular weight excluding hydrogens is 1270 g/mol. The first-order valence-corrected chi connectivity index (χ1v) is 34.7. The topological polar surface area (TPSA) is 337 Å². The van der Waals surface area contributed by atoms with Crippen LogP contribution < -0.4 is 31.9 Å². The Hall–Kier alpha value is -9.38. The molecule has 99 heavy (non-hydrogen) atoms.